The third kappa shape index (κ3) is 7.55. The molecule has 0 amide bonds. The molecule has 5 rings (SSSR count). The predicted molar refractivity (Wildman–Crippen MR) is 167 cm³/mol. The molecule has 0 radical (unpaired) electrons. The fourth-order valence-corrected chi connectivity index (χ4v) is 5.43. The zero-order valence-corrected chi connectivity index (χ0v) is 25.8. The SMILES string of the molecule is CN(c1cc(N2CCOCC2)cn2c(=O)c(OCc3ccccc3)c(C(=O)CCC(=O)Cc3ccc(F)cc3)nc12)S(C)(=O)=O. The molecule has 1 aliphatic heterocycles. The first-order valence-electron chi connectivity index (χ1n) is 14.3. The quantitative estimate of drug-likeness (QED) is 0.215. The highest BCUT2D eigenvalue weighted by atomic mass is 32.2. The molecule has 45 heavy (non-hydrogen) atoms. The number of ether oxygens (including phenoxy) is 2. The van der Waals surface area contributed by atoms with Crippen LogP contribution in [0, 0.1) is 5.82 Å². The van der Waals surface area contributed by atoms with E-state index in [0.717, 1.165) is 16.1 Å². The standard InChI is InChI=1S/C32H33FN4O7S/c1-35(45(2,41)42)27-19-25(36-14-16-43-17-15-36)20-37-31(27)34-29(30(32(37)40)44-21-23-6-4-3-5-7-23)28(39)13-12-26(38)18-22-8-10-24(33)11-9-22/h3-11,19-20H,12-18,21H2,1-2H3. The number of ketones is 2. The van der Waals surface area contributed by atoms with Gasteiger partial charge in [0.2, 0.25) is 15.8 Å². The number of Topliss-reactive ketones (excluding diaryl/α,β-unsaturated/α-hetero) is 2. The van der Waals surface area contributed by atoms with E-state index in [1.807, 2.05) is 23.1 Å². The molecule has 4 aromatic rings. The Balaban J connectivity index is 1.56. The molecule has 0 bridgehead atoms. The van der Waals surface area contributed by atoms with Crippen LogP contribution in [0.2, 0.25) is 0 Å². The number of rotatable bonds is 12. The van der Waals surface area contributed by atoms with Gasteiger partial charge in [-0.15, -0.1) is 0 Å². The lowest BCUT2D eigenvalue weighted by Gasteiger charge is -2.30. The van der Waals surface area contributed by atoms with Crippen molar-refractivity contribution in [3.8, 4) is 5.75 Å². The zero-order chi connectivity index (χ0) is 32.1. The topological polar surface area (TPSA) is 128 Å². The lowest BCUT2D eigenvalue weighted by molar-refractivity contribution is -0.118. The van der Waals surface area contributed by atoms with Crippen LogP contribution in [0.25, 0.3) is 5.65 Å². The van der Waals surface area contributed by atoms with Crippen LogP contribution >= 0.6 is 0 Å². The summed E-state index contributed by atoms with van der Waals surface area (Å²) in [7, 11) is -2.46. The molecule has 2 aromatic carbocycles. The summed E-state index contributed by atoms with van der Waals surface area (Å²) < 4.78 is 52.2. The fourth-order valence-electron chi connectivity index (χ4n) is 4.94. The summed E-state index contributed by atoms with van der Waals surface area (Å²) in [6, 6.07) is 16.2. The Morgan fingerprint density at radius 1 is 1.02 bits per heavy atom. The van der Waals surface area contributed by atoms with E-state index in [-0.39, 0.29) is 54.4 Å². The molecular formula is C32H33FN4O7S. The third-order valence-electron chi connectivity index (χ3n) is 7.50. The van der Waals surface area contributed by atoms with Crippen LogP contribution in [0.5, 0.6) is 5.75 Å². The molecule has 11 nitrogen and oxygen atoms in total. The van der Waals surface area contributed by atoms with Crippen LogP contribution in [-0.4, -0.2) is 69.0 Å². The normalized spacial score (nSPS) is 13.5. The van der Waals surface area contributed by atoms with E-state index in [1.165, 1.54) is 35.7 Å². The minimum atomic E-state index is -3.80. The minimum Gasteiger partial charge on any atom is -0.481 e. The lowest BCUT2D eigenvalue weighted by Crippen LogP contribution is -2.37. The molecular weight excluding hydrogens is 603 g/mol. The Bertz CT molecular complexity index is 1870. The second-order valence-electron chi connectivity index (χ2n) is 10.7. The Morgan fingerprint density at radius 2 is 1.71 bits per heavy atom. The highest BCUT2D eigenvalue weighted by molar-refractivity contribution is 7.92. The molecule has 0 atom stereocenters. The van der Waals surface area contributed by atoms with Crippen molar-refractivity contribution in [2.24, 2.45) is 0 Å². The molecule has 1 saturated heterocycles. The number of pyridine rings is 1. The van der Waals surface area contributed by atoms with Crippen molar-refractivity contribution < 1.29 is 31.9 Å². The van der Waals surface area contributed by atoms with E-state index in [9.17, 15) is 27.2 Å². The van der Waals surface area contributed by atoms with Crippen LogP contribution in [0.3, 0.4) is 0 Å². The summed E-state index contributed by atoms with van der Waals surface area (Å²) in [4.78, 5) is 46.9. The van der Waals surface area contributed by atoms with E-state index < -0.39 is 27.2 Å². The Morgan fingerprint density at radius 3 is 2.38 bits per heavy atom. The monoisotopic (exact) mass is 636 g/mol. The summed E-state index contributed by atoms with van der Waals surface area (Å²) in [5.74, 6) is -1.60. The van der Waals surface area contributed by atoms with E-state index in [4.69, 9.17) is 9.47 Å². The van der Waals surface area contributed by atoms with Crippen molar-refractivity contribution in [1.82, 2.24) is 9.38 Å². The van der Waals surface area contributed by atoms with Gasteiger partial charge in [-0.3, -0.25) is 23.1 Å². The Hall–Kier alpha value is -4.62. The average Bonchev–Trinajstić information content (AvgIpc) is 3.04. The molecule has 0 aliphatic carbocycles. The molecule has 13 heteroatoms. The molecule has 1 fully saturated rings. The number of hydrogen-bond acceptors (Lipinski definition) is 9. The molecule has 0 spiro atoms. The van der Waals surface area contributed by atoms with Crippen molar-refractivity contribution in [1.29, 1.82) is 0 Å². The van der Waals surface area contributed by atoms with Crippen molar-refractivity contribution in [2.45, 2.75) is 25.9 Å². The van der Waals surface area contributed by atoms with Gasteiger partial charge in [-0.05, 0) is 29.3 Å². The number of halogens is 1. The number of fused-ring (bicyclic) bond motifs is 1. The molecule has 2 aromatic heterocycles. The van der Waals surface area contributed by atoms with Gasteiger partial charge in [0.25, 0.3) is 0 Å². The van der Waals surface area contributed by atoms with E-state index in [0.29, 0.717) is 37.6 Å². The number of sulfonamides is 1. The second kappa shape index (κ2) is 13.6. The van der Waals surface area contributed by atoms with Gasteiger partial charge >= 0.3 is 5.56 Å². The number of benzene rings is 2. The third-order valence-corrected chi connectivity index (χ3v) is 8.69. The van der Waals surface area contributed by atoms with E-state index >= 15 is 0 Å². The first-order valence-corrected chi connectivity index (χ1v) is 16.2. The van der Waals surface area contributed by atoms with Crippen LogP contribution in [0.4, 0.5) is 15.8 Å². The van der Waals surface area contributed by atoms with Gasteiger partial charge < -0.3 is 14.4 Å². The number of morpholine rings is 1. The van der Waals surface area contributed by atoms with Crippen LogP contribution < -0.4 is 19.5 Å². The maximum absolute atomic E-state index is 14.1. The van der Waals surface area contributed by atoms with Gasteiger partial charge in [0.05, 0.1) is 30.8 Å². The number of anilines is 2. The van der Waals surface area contributed by atoms with Gasteiger partial charge in [-0.1, -0.05) is 42.5 Å². The van der Waals surface area contributed by atoms with Crippen molar-refractivity contribution >= 4 is 38.6 Å². The number of aromatic nitrogens is 2. The van der Waals surface area contributed by atoms with Gasteiger partial charge in [0, 0.05) is 45.6 Å². The summed E-state index contributed by atoms with van der Waals surface area (Å²) in [5.41, 5.74) is 0.956. The summed E-state index contributed by atoms with van der Waals surface area (Å²) in [5, 5.41) is 0. The summed E-state index contributed by atoms with van der Waals surface area (Å²) in [6.07, 6.45) is 2.16. The molecule has 3 heterocycles. The summed E-state index contributed by atoms with van der Waals surface area (Å²) in [6.45, 7) is 1.93. The van der Waals surface area contributed by atoms with Gasteiger partial charge in [-0.25, -0.2) is 17.8 Å². The van der Waals surface area contributed by atoms with Crippen LogP contribution in [0.1, 0.15) is 34.5 Å². The van der Waals surface area contributed by atoms with Crippen molar-refractivity contribution in [3.05, 3.63) is 99.9 Å². The highest BCUT2D eigenvalue weighted by Crippen LogP contribution is 2.30. The highest BCUT2D eigenvalue weighted by Gasteiger charge is 2.27. The van der Waals surface area contributed by atoms with Crippen molar-refractivity contribution in [3.63, 3.8) is 0 Å². The van der Waals surface area contributed by atoms with Crippen LogP contribution in [-0.2, 0) is 32.6 Å². The molecule has 0 N–H and O–H groups in total. The number of nitrogens with zero attached hydrogens (tertiary/aromatic N) is 4. The average molecular weight is 637 g/mol. The molecule has 236 valence electrons. The Kier molecular flexibility index (Phi) is 9.59. The molecule has 0 unspecified atom stereocenters. The first kappa shape index (κ1) is 31.8. The number of hydrogen-bond donors (Lipinski definition) is 0. The first-order chi connectivity index (χ1) is 21.5. The van der Waals surface area contributed by atoms with E-state index in [1.54, 1.807) is 24.4 Å². The van der Waals surface area contributed by atoms with Gasteiger partial charge in [0.1, 0.15) is 18.2 Å². The van der Waals surface area contributed by atoms with Gasteiger partial charge in [-0.2, -0.15) is 0 Å². The molecule has 0 saturated carbocycles. The van der Waals surface area contributed by atoms with E-state index in [2.05, 4.69) is 4.98 Å². The van der Waals surface area contributed by atoms with Crippen LogP contribution in [0.15, 0.2) is 71.7 Å². The Labute approximate surface area is 259 Å². The maximum atomic E-state index is 14.1. The predicted octanol–water partition coefficient (Wildman–Crippen LogP) is 3.42. The lowest BCUT2D eigenvalue weighted by atomic mass is 10.0. The zero-order valence-electron chi connectivity index (χ0n) is 24.9. The minimum absolute atomic E-state index is 0.00630. The fraction of sp³-hybridized carbons (Fsp3) is 0.312. The largest absolute Gasteiger partial charge is 0.481 e. The smallest absolute Gasteiger partial charge is 0.301 e. The van der Waals surface area contributed by atoms with Crippen molar-refractivity contribution in [2.75, 3.05) is 48.8 Å². The molecule has 1 aliphatic rings. The van der Waals surface area contributed by atoms with Gasteiger partial charge in [0.15, 0.2) is 17.1 Å². The second-order valence-corrected chi connectivity index (χ2v) is 12.8. The summed E-state index contributed by atoms with van der Waals surface area (Å²) >= 11 is 0. The maximum Gasteiger partial charge on any atom is 0.301 e. The number of carbonyl (C=O) groups excluding carboxylic acids is 2. The number of carbonyl (C=O) groups is 2.